The van der Waals surface area contributed by atoms with Crippen LogP contribution in [0.4, 0.5) is 0 Å². The van der Waals surface area contributed by atoms with Gasteiger partial charge in [0, 0.05) is 61.4 Å². The zero-order valence-corrected chi connectivity index (χ0v) is 23.2. The minimum absolute atomic E-state index is 0.115. The average Bonchev–Trinajstić information content (AvgIpc) is 2.88. The number of rotatable bonds is 14. The predicted octanol–water partition coefficient (Wildman–Crippen LogP) is 6.39. The van der Waals surface area contributed by atoms with E-state index >= 15 is 0 Å². The second kappa shape index (κ2) is 13.2. The van der Waals surface area contributed by atoms with Gasteiger partial charge in [-0.2, -0.15) is 0 Å². The predicted molar refractivity (Wildman–Crippen MR) is 151 cm³/mol. The van der Waals surface area contributed by atoms with Gasteiger partial charge in [0.25, 0.3) is 0 Å². The van der Waals surface area contributed by atoms with Gasteiger partial charge in [0.05, 0.1) is 0 Å². The Morgan fingerprint density at radius 3 is 1.39 bits per heavy atom. The van der Waals surface area contributed by atoms with Crippen molar-refractivity contribution in [1.29, 1.82) is 0 Å². The summed E-state index contributed by atoms with van der Waals surface area (Å²) in [7, 11) is 0. The van der Waals surface area contributed by atoms with Crippen molar-refractivity contribution < 1.29 is 19.0 Å². The molecule has 1 aromatic carbocycles. The average molecular weight is 523 g/mol. The molecule has 0 amide bonds. The maximum Gasteiger partial charge on any atom is 0.185 e. The fraction of sp³-hybridized carbons (Fsp3) is 0.500. The van der Waals surface area contributed by atoms with Crippen molar-refractivity contribution in [3.63, 3.8) is 0 Å². The van der Waals surface area contributed by atoms with Gasteiger partial charge in [0.1, 0.15) is 23.0 Å². The number of unbranched alkanes of at least 4 members (excludes halogenated alkanes) is 2. The summed E-state index contributed by atoms with van der Waals surface area (Å²) in [6, 6.07) is 13.5. The first-order valence-corrected chi connectivity index (χ1v) is 13.6. The Bertz CT molecular complexity index is 1200. The second-order valence-electron chi connectivity index (χ2n) is 11.9. The van der Waals surface area contributed by atoms with Crippen LogP contribution in [-0.2, 0) is 12.8 Å². The van der Waals surface area contributed by atoms with Gasteiger partial charge in [0.15, 0.2) is 10.9 Å². The molecule has 3 rings (SSSR count). The Kier molecular flexibility index (Phi) is 10.3. The highest BCUT2D eigenvalue weighted by molar-refractivity contribution is 5.78. The van der Waals surface area contributed by atoms with Crippen LogP contribution in [0.3, 0.4) is 0 Å². The zero-order valence-electron chi connectivity index (χ0n) is 23.2. The summed E-state index contributed by atoms with van der Waals surface area (Å²) in [4.78, 5) is 25.1. The standard InChI is InChI=1S/C32H42O6/c1-31(2,21-33)15-9-7-11-25-17-23(35)19-29(37-25)27-13-5-6-14-28(27)30-20-24(36)18-26(38-30)12-8-10-16-32(3,4)22-34/h5-6,13-14,17-20,33-34H,7-12,15-16,21-22H2,1-4H3. The van der Waals surface area contributed by atoms with Gasteiger partial charge in [-0.1, -0.05) is 64.8 Å². The molecule has 0 saturated heterocycles. The first-order valence-electron chi connectivity index (χ1n) is 13.6. The van der Waals surface area contributed by atoms with E-state index in [4.69, 9.17) is 8.83 Å². The lowest BCUT2D eigenvalue weighted by Crippen LogP contribution is -2.16. The molecule has 38 heavy (non-hydrogen) atoms. The third kappa shape index (κ3) is 8.81. The SMILES string of the molecule is CC(C)(CO)CCCCc1cc(=O)cc(-c2ccccc2-c2cc(=O)cc(CCCCC(C)(C)CO)o2)o1. The van der Waals surface area contributed by atoms with Crippen molar-refractivity contribution in [1.82, 2.24) is 0 Å². The molecule has 0 aliphatic carbocycles. The van der Waals surface area contributed by atoms with Crippen molar-refractivity contribution >= 4 is 0 Å². The monoisotopic (exact) mass is 522 g/mol. The molecule has 0 aliphatic rings. The Hall–Kier alpha value is -2.96. The Balaban J connectivity index is 1.80. The maximum absolute atomic E-state index is 12.5. The Labute approximate surface area is 225 Å². The smallest absolute Gasteiger partial charge is 0.185 e. The van der Waals surface area contributed by atoms with Crippen LogP contribution in [-0.4, -0.2) is 23.4 Å². The first-order chi connectivity index (χ1) is 18.0. The molecule has 0 atom stereocenters. The third-order valence-electron chi connectivity index (χ3n) is 7.00. The van der Waals surface area contributed by atoms with E-state index in [0.29, 0.717) is 47.0 Å². The highest BCUT2D eigenvalue weighted by Crippen LogP contribution is 2.32. The summed E-state index contributed by atoms with van der Waals surface area (Å²) < 4.78 is 12.3. The molecule has 3 aromatic rings. The zero-order chi connectivity index (χ0) is 27.8. The van der Waals surface area contributed by atoms with Gasteiger partial charge in [-0.05, 0) is 36.5 Å². The normalized spacial score (nSPS) is 12.2. The van der Waals surface area contributed by atoms with Crippen LogP contribution < -0.4 is 10.9 Å². The molecular weight excluding hydrogens is 480 g/mol. The second-order valence-corrected chi connectivity index (χ2v) is 11.9. The van der Waals surface area contributed by atoms with Crippen LogP contribution >= 0.6 is 0 Å². The molecule has 0 radical (unpaired) electrons. The largest absolute Gasteiger partial charge is 0.461 e. The maximum atomic E-state index is 12.5. The molecule has 0 bridgehead atoms. The molecular formula is C32H42O6. The van der Waals surface area contributed by atoms with E-state index in [1.807, 2.05) is 52.0 Å². The van der Waals surface area contributed by atoms with E-state index in [1.165, 1.54) is 24.3 Å². The molecule has 2 N–H and O–H groups in total. The fourth-order valence-corrected chi connectivity index (χ4v) is 4.45. The van der Waals surface area contributed by atoms with Crippen LogP contribution in [0.15, 0.2) is 67.0 Å². The van der Waals surface area contributed by atoms with E-state index in [1.54, 1.807) is 0 Å². The van der Waals surface area contributed by atoms with Crippen LogP contribution in [0.2, 0.25) is 0 Å². The number of hydrogen-bond donors (Lipinski definition) is 2. The summed E-state index contributed by atoms with van der Waals surface area (Å²) >= 11 is 0. The molecule has 2 aromatic heterocycles. The molecule has 6 nitrogen and oxygen atoms in total. The van der Waals surface area contributed by atoms with Gasteiger partial charge < -0.3 is 19.0 Å². The molecule has 0 saturated carbocycles. The van der Waals surface area contributed by atoms with Crippen molar-refractivity contribution in [2.24, 2.45) is 10.8 Å². The molecule has 0 spiro atoms. The third-order valence-corrected chi connectivity index (χ3v) is 7.00. The minimum Gasteiger partial charge on any atom is -0.461 e. The van der Waals surface area contributed by atoms with E-state index in [9.17, 15) is 19.8 Å². The highest BCUT2D eigenvalue weighted by Gasteiger charge is 2.18. The minimum atomic E-state index is -0.132. The molecule has 0 fully saturated rings. The molecule has 0 aliphatic heterocycles. The van der Waals surface area contributed by atoms with Gasteiger partial charge in [-0.25, -0.2) is 0 Å². The summed E-state index contributed by atoms with van der Waals surface area (Å²) in [5.74, 6) is 2.12. The summed E-state index contributed by atoms with van der Waals surface area (Å²) in [6.07, 6.45) is 6.60. The van der Waals surface area contributed by atoms with Crippen molar-refractivity contribution in [2.45, 2.75) is 79.1 Å². The van der Waals surface area contributed by atoms with Crippen LogP contribution in [0.1, 0.15) is 77.7 Å². The van der Waals surface area contributed by atoms with Crippen molar-refractivity contribution in [3.8, 4) is 22.6 Å². The van der Waals surface area contributed by atoms with E-state index < -0.39 is 0 Å². The Morgan fingerprint density at radius 1 is 0.632 bits per heavy atom. The van der Waals surface area contributed by atoms with Gasteiger partial charge in [-0.15, -0.1) is 0 Å². The lowest BCUT2D eigenvalue weighted by Gasteiger charge is -2.21. The van der Waals surface area contributed by atoms with Crippen LogP contribution in [0.25, 0.3) is 22.6 Å². The number of aryl methyl sites for hydroxylation is 2. The number of aliphatic hydroxyl groups is 2. The van der Waals surface area contributed by atoms with Gasteiger partial charge >= 0.3 is 0 Å². The highest BCUT2D eigenvalue weighted by atomic mass is 16.3. The number of aliphatic hydroxyl groups excluding tert-OH is 2. The van der Waals surface area contributed by atoms with Crippen molar-refractivity contribution in [2.75, 3.05) is 13.2 Å². The lowest BCUT2D eigenvalue weighted by molar-refractivity contribution is 0.147. The summed E-state index contributed by atoms with van der Waals surface area (Å²) in [6.45, 7) is 8.44. The van der Waals surface area contributed by atoms with Crippen molar-refractivity contribution in [3.05, 3.63) is 80.5 Å². The molecule has 0 unspecified atom stereocenters. The van der Waals surface area contributed by atoms with E-state index in [-0.39, 0.29) is 34.9 Å². The first kappa shape index (κ1) is 29.6. The molecule has 2 heterocycles. The Morgan fingerprint density at radius 2 is 1.03 bits per heavy atom. The van der Waals surface area contributed by atoms with Gasteiger partial charge in [-0.3, -0.25) is 9.59 Å². The lowest BCUT2D eigenvalue weighted by atomic mass is 9.88. The van der Waals surface area contributed by atoms with Crippen LogP contribution in [0, 0.1) is 10.8 Å². The van der Waals surface area contributed by atoms with E-state index in [0.717, 1.165) is 38.5 Å². The topological polar surface area (TPSA) is 101 Å². The quantitative estimate of drug-likeness (QED) is 0.238. The molecule has 6 heteroatoms. The van der Waals surface area contributed by atoms with E-state index in [2.05, 4.69) is 0 Å². The summed E-state index contributed by atoms with van der Waals surface area (Å²) in [5.41, 5.74) is 0.892. The van der Waals surface area contributed by atoms with Crippen LogP contribution in [0.5, 0.6) is 0 Å². The fourth-order valence-electron chi connectivity index (χ4n) is 4.45. The summed E-state index contributed by atoms with van der Waals surface area (Å²) in [5, 5.41) is 18.9. The number of benzene rings is 1. The molecule has 206 valence electrons. The van der Waals surface area contributed by atoms with Gasteiger partial charge in [0.2, 0.25) is 0 Å². The number of hydrogen-bond acceptors (Lipinski definition) is 6.